The first-order valence-electron chi connectivity index (χ1n) is 9.98. The van der Waals surface area contributed by atoms with E-state index in [0.717, 1.165) is 36.4 Å². The van der Waals surface area contributed by atoms with Crippen LogP contribution >= 0.6 is 0 Å². The van der Waals surface area contributed by atoms with Gasteiger partial charge in [0.2, 0.25) is 0 Å². The predicted molar refractivity (Wildman–Crippen MR) is 116 cm³/mol. The summed E-state index contributed by atoms with van der Waals surface area (Å²) in [5.41, 5.74) is -2.99. The van der Waals surface area contributed by atoms with E-state index in [-0.39, 0.29) is 16.8 Å². The SMILES string of the molecule is O=C1C(=O)N(c2cccc(C(F)(F)F)c2)C(c2ccccc2F)/C1=C(\O)c1cccc([N+](=O)[O-])c1. The fourth-order valence-corrected chi connectivity index (χ4v) is 3.84. The molecule has 1 unspecified atom stereocenters. The molecule has 1 amide bonds. The summed E-state index contributed by atoms with van der Waals surface area (Å²) in [5.74, 6) is -4.32. The van der Waals surface area contributed by atoms with E-state index in [9.17, 15) is 42.4 Å². The largest absolute Gasteiger partial charge is 0.507 e. The number of hydrogen-bond donors (Lipinski definition) is 1. The summed E-state index contributed by atoms with van der Waals surface area (Å²) in [6.07, 6.45) is -4.76. The Kier molecular flexibility index (Phi) is 5.85. The Bertz CT molecular complexity index is 1400. The number of nitrogens with zero attached hydrogens (tertiary/aromatic N) is 2. The molecule has 1 atom stereocenters. The van der Waals surface area contributed by atoms with Crippen molar-refractivity contribution in [1.82, 2.24) is 0 Å². The summed E-state index contributed by atoms with van der Waals surface area (Å²) in [4.78, 5) is 37.1. The second-order valence-corrected chi connectivity index (χ2v) is 7.55. The molecule has 0 radical (unpaired) electrons. The van der Waals surface area contributed by atoms with Gasteiger partial charge in [-0.05, 0) is 24.3 Å². The van der Waals surface area contributed by atoms with Crippen LogP contribution in [-0.4, -0.2) is 21.7 Å². The average Bonchev–Trinajstić information content (AvgIpc) is 3.08. The maximum atomic E-state index is 14.8. The summed E-state index contributed by atoms with van der Waals surface area (Å²) >= 11 is 0. The molecule has 0 spiro atoms. The summed E-state index contributed by atoms with van der Waals surface area (Å²) in [5, 5.41) is 22.1. The van der Waals surface area contributed by atoms with Crippen LogP contribution < -0.4 is 4.90 Å². The Hall–Kier alpha value is -4.54. The number of Topliss-reactive ketones (excluding diaryl/α,β-unsaturated/α-hetero) is 1. The number of nitro groups is 1. The van der Waals surface area contributed by atoms with Gasteiger partial charge in [-0.25, -0.2) is 4.39 Å². The quantitative estimate of drug-likeness (QED) is 0.133. The monoisotopic (exact) mass is 486 g/mol. The maximum absolute atomic E-state index is 14.8. The van der Waals surface area contributed by atoms with Crippen LogP contribution in [0, 0.1) is 15.9 Å². The molecule has 0 saturated carbocycles. The number of benzene rings is 3. The van der Waals surface area contributed by atoms with Crippen LogP contribution in [0.3, 0.4) is 0 Å². The zero-order valence-electron chi connectivity index (χ0n) is 17.5. The highest BCUT2D eigenvalue weighted by Crippen LogP contribution is 2.44. The standard InChI is InChI=1S/C24H14F4N2O5/c25-18-10-2-1-9-17(18)20-19(21(31)13-5-3-8-16(11-13)30(34)35)22(32)23(33)29(20)15-7-4-6-14(12-15)24(26,27)28/h1-12,20,31H/b21-19+. The number of hydrogen-bond acceptors (Lipinski definition) is 5. The lowest BCUT2D eigenvalue weighted by Gasteiger charge is -2.26. The van der Waals surface area contributed by atoms with Crippen molar-refractivity contribution >= 4 is 28.8 Å². The highest BCUT2D eigenvalue weighted by atomic mass is 19.4. The second-order valence-electron chi connectivity index (χ2n) is 7.55. The van der Waals surface area contributed by atoms with E-state index >= 15 is 0 Å². The van der Waals surface area contributed by atoms with E-state index in [1.54, 1.807) is 0 Å². The number of ketones is 1. The van der Waals surface area contributed by atoms with Gasteiger partial charge < -0.3 is 5.11 Å². The van der Waals surface area contributed by atoms with Crippen LogP contribution in [0.5, 0.6) is 0 Å². The van der Waals surface area contributed by atoms with Crippen LogP contribution in [0.15, 0.2) is 78.4 Å². The molecule has 11 heteroatoms. The van der Waals surface area contributed by atoms with Crippen molar-refractivity contribution in [2.45, 2.75) is 12.2 Å². The molecule has 4 rings (SSSR count). The molecular formula is C24H14F4N2O5. The number of nitro benzene ring substituents is 1. The summed E-state index contributed by atoms with van der Waals surface area (Å²) in [7, 11) is 0. The zero-order valence-corrected chi connectivity index (χ0v) is 17.5. The van der Waals surface area contributed by atoms with Crippen LogP contribution in [0.25, 0.3) is 5.76 Å². The van der Waals surface area contributed by atoms with Crippen LogP contribution in [0.4, 0.5) is 28.9 Å². The molecule has 35 heavy (non-hydrogen) atoms. The van der Waals surface area contributed by atoms with E-state index < -0.39 is 57.2 Å². The number of aliphatic hydroxyl groups is 1. The van der Waals surface area contributed by atoms with Gasteiger partial charge in [0.05, 0.1) is 22.1 Å². The lowest BCUT2D eigenvalue weighted by atomic mass is 9.94. The normalized spacial score (nSPS) is 17.6. The van der Waals surface area contributed by atoms with E-state index in [1.165, 1.54) is 30.3 Å². The molecule has 3 aromatic carbocycles. The van der Waals surface area contributed by atoms with Gasteiger partial charge in [-0.3, -0.25) is 24.6 Å². The van der Waals surface area contributed by atoms with E-state index in [2.05, 4.69) is 0 Å². The molecular weight excluding hydrogens is 472 g/mol. The lowest BCUT2D eigenvalue weighted by Crippen LogP contribution is -2.30. The minimum Gasteiger partial charge on any atom is -0.507 e. The summed E-state index contributed by atoms with van der Waals surface area (Å²) in [6.45, 7) is 0. The van der Waals surface area contributed by atoms with Gasteiger partial charge in [-0.2, -0.15) is 13.2 Å². The van der Waals surface area contributed by atoms with Crippen LogP contribution in [0.2, 0.25) is 0 Å². The number of rotatable bonds is 4. The van der Waals surface area contributed by atoms with Crippen molar-refractivity contribution in [1.29, 1.82) is 0 Å². The molecule has 1 aliphatic heterocycles. The average molecular weight is 486 g/mol. The molecule has 1 heterocycles. The first-order chi connectivity index (χ1) is 16.5. The van der Waals surface area contributed by atoms with E-state index in [1.807, 2.05) is 0 Å². The number of anilines is 1. The Balaban J connectivity index is 1.98. The number of carbonyl (C=O) groups is 2. The number of non-ortho nitro benzene ring substituents is 1. The number of halogens is 4. The molecule has 3 aromatic rings. The third-order valence-corrected chi connectivity index (χ3v) is 5.43. The molecule has 178 valence electrons. The fraction of sp³-hybridized carbons (Fsp3) is 0.0833. The molecule has 0 aliphatic carbocycles. The number of amides is 1. The minimum atomic E-state index is -4.76. The van der Waals surface area contributed by atoms with Gasteiger partial charge in [0.1, 0.15) is 11.6 Å². The van der Waals surface area contributed by atoms with Crippen molar-refractivity contribution in [2.24, 2.45) is 0 Å². The third kappa shape index (κ3) is 4.23. The molecule has 1 N–H and O–H groups in total. The summed E-state index contributed by atoms with van der Waals surface area (Å²) < 4.78 is 54.8. The van der Waals surface area contributed by atoms with Gasteiger partial charge >= 0.3 is 6.18 Å². The molecule has 1 fully saturated rings. The molecule has 1 aliphatic rings. The maximum Gasteiger partial charge on any atom is 0.416 e. The van der Waals surface area contributed by atoms with E-state index in [0.29, 0.717) is 11.0 Å². The van der Waals surface area contributed by atoms with Gasteiger partial charge in [-0.15, -0.1) is 0 Å². The summed E-state index contributed by atoms with van der Waals surface area (Å²) in [6, 6.07) is 11.4. The number of alkyl halides is 3. The topological polar surface area (TPSA) is 101 Å². The van der Waals surface area contributed by atoms with Gasteiger partial charge in [0.25, 0.3) is 17.4 Å². The second kappa shape index (κ2) is 8.67. The third-order valence-electron chi connectivity index (χ3n) is 5.43. The Morgan fingerprint density at radius 1 is 0.971 bits per heavy atom. The molecule has 0 aromatic heterocycles. The van der Waals surface area contributed by atoms with Crippen molar-refractivity contribution in [3.8, 4) is 0 Å². The molecule has 0 bridgehead atoms. The highest BCUT2D eigenvalue weighted by Gasteiger charge is 2.48. The van der Waals surface area contributed by atoms with E-state index in [4.69, 9.17) is 0 Å². The first kappa shape index (κ1) is 23.6. The Morgan fingerprint density at radius 3 is 2.31 bits per heavy atom. The number of aliphatic hydroxyl groups excluding tert-OH is 1. The Morgan fingerprint density at radius 2 is 1.66 bits per heavy atom. The fourth-order valence-electron chi connectivity index (χ4n) is 3.84. The molecule has 7 nitrogen and oxygen atoms in total. The van der Waals surface area contributed by atoms with Crippen LogP contribution in [-0.2, 0) is 15.8 Å². The minimum absolute atomic E-state index is 0.206. The number of carbonyl (C=O) groups excluding carboxylic acids is 2. The van der Waals surface area contributed by atoms with Crippen molar-refractivity contribution in [3.05, 3.63) is 111 Å². The highest BCUT2D eigenvalue weighted by molar-refractivity contribution is 6.51. The van der Waals surface area contributed by atoms with Crippen molar-refractivity contribution < 1.29 is 37.2 Å². The molecule has 1 saturated heterocycles. The van der Waals surface area contributed by atoms with Crippen molar-refractivity contribution in [2.75, 3.05) is 4.90 Å². The van der Waals surface area contributed by atoms with Gasteiger partial charge in [-0.1, -0.05) is 36.4 Å². The zero-order chi connectivity index (χ0) is 25.5. The lowest BCUT2D eigenvalue weighted by molar-refractivity contribution is -0.384. The van der Waals surface area contributed by atoms with Crippen molar-refractivity contribution in [3.63, 3.8) is 0 Å². The Labute approximate surface area is 194 Å². The van der Waals surface area contributed by atoms with Gasteiger partial charge in [0, 0.05) is 28.9 Å². The predicted octanol–water partition coefficient (Wildman–Crippen LogP) is 5.38. The first-order valence-corrected chi connectivity index (χ1v) is 9.98. The van der Waals surface area contributed by atoms with Crippen LogP contribution in [0.1, 0.15) is 22.7 Å². The smallest absolute Gasteiger partial charge is 0.416 e. The van der Waals surface area contributed by atoms with Gasteiger partial charge in [0.15, 0.2) is 0 Å².